The first kappa shape index (κ1) is 13.7. The van der Waals surface area contributed by atoms with Crippen molar-refractivity contribution in [3.63, 3.8) is 0 Å². The van der Waals surface area contributed by atoms with Crippen LogP contribution in [0.15, 0.2) is 10.6 Å². The van der Waals surface area contributed by atoms with Gasteiger partial charge < -0.3 is 19.9 Å². The van der Waals surface area contributed by atoms with Gasteiger partial charge in [-0.3, -0.25) is 4.79 Å². The molecule has 96 valence electrons. The third-order valence-corrected chi connectivity index (χ3v) is 2.03. The summed E-state index contributed by atoms with van der Waals surface area (Å²) in [6.45, 7) is 6.19. The Labute approximate surface area is 101 Å². The highest BCUT2D eigenvalue weighted by molar-refractivity contribution is 5.91. The van der Waals surface area contributed by atoms with Gasteiger partial charge in [0.15, 0.2) is 5.82 Å². The van der Waals surface area contributed by atoms with Crippen molar-refractivity contribution in [1.29, 1.82) is 0 Å². The van der Waals surface area contributed by atoms with E-state index in [0.717, 1.165) is 19.6 Å². The van der Waals surface area contributed by atoms with Crippen molar-refractivity contribution >= 4 is 11.7 Å². The number of aromatic nitrogens is 1. The van der Waals surface area contributed by atoms with Crippen molar-refractivity contribution in [2.45, 2.75) is 20.3 Å². The molecule has 0 aliphatic carbocycles. The number of nitrogens with zero attached hydrogens (tertiary/aromatic N) is 1. The number of amides is 1. The fourth-order valence-electron chi connectivity index (χ4n) is 1.26. The molecule has 1 heterocycles. The Bertz CT molecular complexity index is 338. The number of carbonyl (C=O) groups excluding carboxylic acids is 1. The molecule has 0 bridgehead atoms. The molecule has 0 radical (unpaired) electrons. The minimum atomic E-state index is -0.130. The largest absolute Gasteiger partial charge is 0.382 e. The summed E-state index contributed by atoms with van der Waals surface area (Å²) in [6, 6.07) is 1.67. The molecule has 1 aromatic heterocycles. The summed E-state index contributed by atoms with van der Waals surface area (Å²) in [5.74, 6) is 0.989. The molecule has 0 saturated heterocycles. The number of rotatable bonds is 8. The summed E-state index contributed by atoms with van der Waals surface area (Å²) in [5, 5.41) is 9.32. The zero-order valence-corrected chi connectivity index (χ0v) is 10.3. The molecule has 0 spiro atoms. The topological polar surface area (TPSA) is 76.4 Å². The van der Waals surface area contributed by atoms with Crippen LogP contribution >= 0.6 is 0 Å². The van der Waals surface area contributed by atoms with Gasteiger partial charge in [-0.05, 0) is 26.8 Å². The van der Waals surface area contributed by atoms with Crippen molar-refractivity contribution in [2.24, 2.45) is 0 Å². The maximum absolute atomic E-state index is 11.4. The zero-order valence-electron chi connectivity index (χ0n) is 10.3. The smallest absolute Gasteiger partial charge is 0.239 e. The first-order valence-corrected chi connectivity index (χ1v) is 5.74. The molecule has 6 heteroatoms. The van der Waals surface area contributed by atoms with E-state index in [9.17, 15) is 4.79 Å². The average molecular weight is 241 g/mol. The Balaban J connectivity index is 2.05. The molecule has 1 rings (SSSR count). The van der Waals surface area contributed by atoms with Gasteiger partial charge in [0.05, 0.1) is 6.54 Å². The highest BCUT2D eigenvalue weighted by atomic mass is 16.5. The number of hydrogen-bond acceptors (Lipinski definition) is 5. The summed E-state index contributed by atoms with van der Waals surface area (Å²) in [6.07, 6.45) is 0.893. The monoisotopic (exact) mass is 241 g/mol. The van der Waals surface area contributed by atoms with E-state index < -0.39 is 0 Å². The van der Waals surface area contributed by atoms with Gasteiger partial charge in [0.2, 0.25) is 5.91 Å². The number of aryl methyl sites for hydroxylation is 1. The molecule has 6 nitrogen and oxygen atoms in total. The fourth-order valence-corrected chi connectivity index (χ4v) is 1.26. The molecule has 0 atom stereocenters. The normalized spacial score (nSPS) is 10.5. The number of ether oxygens (including phenoxy) is 1. The summed E-state index contributed by atoms with van der Waals surface area (Å²) < 4.78 is 10.0. The molecule has 0 saturated carbocycles. The molecule has 0 unspecified atom stereocenters. The van der Waals surface area contributed by atoms with Crippen LogP contribution in [0.4, 0.5) is 5.82 Å². The van der Waals surface area contributed by atoms with Gasteiger partial charge in [0.1, 0.15) is 5.76 Å². The highest BCUT2D eigenvalue weighted by Crippen LogP contribution is 2.06. The Morgan fingerprint density at radius 2 is 2.41 bits per heavy atom. The zero-order chi connectivity index (χ0) is 12.5. The number of nitrogens with one attached hydrogen (secondary N) is 2. The maximum atomic E-state index is 11.4. The molecule has 1 aromatic rings. The van der Waals surface area contributed by atoms with Crippen LogP contribution in [0.25, 0.3) is 0 Å². The first-order valence-electron chi connectivity index (χ1n) is 5.74. The van der Waals surface area contributed by atoms with Crippen molar-refractivity contribution in [3.8, 4) is 0 Å². The van der Waals surface area contributed by atoms with Crippen LogP contribution in [-0.2, 0) is 9.53 Å². The molecule has 17 heavy (non-hydrogen) atoms. The Hall–Kier alpha value is -1.40. The third kappa shape index (κ3) is 6.03. The summed E-state index contributed by atoms with van der Waals surface area (Å²) in [7, 11) is 0. The average Bonchev–Trinajstić information content (AvgIpc) is 2.69. The van der Waals surface area contributed by atoms with Crippen LogP contribution in [0.1, 0.15) is 19.1 Å². The summed E-state index contributed by atoms with van der Waals surface area (Å²) in [5.41, 5.74) is 0. The van der Waals surface area contributed by atoms with E-state index in [1.807, 2.05) is 6.92 Å². The second-order valence-electron chi connectivity index (χ2n) is 3.60. The molecule has 1 amide bonds. The van der Waals surface area contributed by atoms with Crippen molar-refractivity contribution in [3.05, 3.63) is 11.8 Å². The van der Waals surface area contributed by atoms with Crippen LogP contribution in [-0.4, -0.2) is 37.4 Å². The SMILES string of the molecule is CCOCCCNCC(=O)Nc1cc(C)on1. The molecular formula is C11H19N3O3. The standard InChI is InChI=1S/C11H19N3O3/c1-3-16-6-4-5-12-8-11(15)13-10-7-9(2)17-14-10/h7,12H,3-6,8H2,1-2H3,(H,13,14,15). The Morgan fingerprint density at radius 3 is 3.06 bits per heavy atom. The molecule has 0 aliphatic heterocycles. The quantitative estimate of drug-likeness (QED) is 0.662. The van der Waals surface area contributed by atoms with E-state index in [4.69, 9.17) is 9.26 Å². The summed E-state index contributed by atoms with van der Waals surface area (Å²) >= 11 is 0. The van der Waals surface area contributed by atoms with E-state index >= 15 is 0 Å². The number of anilines is 1. The molecular weight excluding hydrogens is 222 g/mol. The Kier molecular flexibility index (Phi) is 6.27. The van der Waals surface area contributed by atoms with Crippen LogP contribution in [0.5, 0.6) is 0 Å². The van der Waals surface area contributed by atoms with E-state index in [1.54, 1.807) is 13.0 Å². The first-order chi connectivity index (χ1) is 8.22. The second kappa shape index (κ2) is 7.81. The lowest BCUT2D eigenvalue weighted by Crippen LogP contribution is -2.29. The van der Waals surface area contributed by atoms with E-state index in [-0.39, 0.29) is 12.5 Å². The van der Waals surface area contributed by atoms with Crippen LogP contribution in [0, 0.1) is 6.92 Å². The molecule has 0 fully saturated rings. The van der Waals surface area contributed by atoms with Crippen LogP contribution in [0.3, 0.4) is 0 Å². The lowest BCUT2D eigenvalue weighted by molar-refractivity contribution is -0.115. The van der Waals surface area contributed by atoms with Gasteiger partial charge in [-0.25, -0.2) is 0 Å². The Morgan fingerprint density at radius 1 is 1.59 bits per heavy atom. The fraction of sp³-hybridized carbons (Fsp3) is 0.636. The molecule has 2 N–H and O–H groups in total. The van der Waals surface area contributed by atoms with E-state index in [0.29, 0.717) is 18.2 Å². The van der Waals surface area contributed by atoms with E-state index in [1.165, 1.54) is 0 Å². The predicted octanol–water partition coefficient (Wildman–Crippen LogP) is 0.938. The van der Waals surface area contributed by atoms with Gasteiger partial charge in [-0.2, -0.15) is 0 Å². The van der Waals surface area contributed by atoms with Gasteiger partial charge in [-0.15, -0.1) is 0 Å². The van der Waals surface area contributed by atoms with Crippen LogP contribution in [0.2, 0.25) is 0 Å². The summed E-state index contributed by atoms with van der Waals surface area (Å²) in [4.78, 5) is 11.4. The van der Waals surface area contributed by atoms with Crippen LogP contribution < -0.4 is 10.6 Å². The molecule has 0 aromatic carbocycles. The van der Waals surface area contributed by atoms with E-state index in [2.05, 4.69) is 15.8 Å². The predicted molar refractivity (Wildman–Crippen MR) is 63.8 cm³/mol. The van der Waals surface area contributed by atoms with Gasteiger partial charge in [0, 0.05) is 19.3 Å². The number of carbonyl (C=O) groups is 1. The third-order valence-electron chi connectivity index (χ3n) is 2.03. The van der Waals surface area contributed by atoms with Crippen molar-refractivity contribution < 1.29 is 14.1 Å². The van der Waals surface area contributed by atoms with Gasteiger partial charge in [0.25, 0.3) is 0 Å². The van der Waals surface area contributed by atoms with Gasteiger partial charge in [-0.1, -0.05) is 5.16 Å². The maximum Gasteiger partial charge on any atom is 0.239 e. The van der Waals surface area contributed by atoms with Crippen molar-refractivity contribution in [2.75, 3.05) is 31.6 Å². The van der Waals surface area contributed by atoms with Gasteiger partial charge >= 0.3 is 0 Å². The minimum Gasteiger partial charge on any atom is -0.382 e. The minimum absolute atomic E-state index is 0.130. The lowest BCUT2D eigenvalue weighted by Gasteiger charge is -2.04. The second-order valence-corrected chi connectivity index (χ2v) is 3.60. The van der Waals surface area contributed by atoms with Crippen molar-refractivity contribution in [1.82, 2.24) is 10.5 Å². The lowest BCUT2D eigenvalue weighted by atomic mass is 10.4. The molecule has 0 aliphatic rings. The highest BCUT2D eigenvalue weighted by Gasteiger charge is 2.04. The number of hydrogen-bond donors (Lipinski definition) is 2.